The molecule has 2 aliphatic rings. The molecular formula is C17H23N3O3. The quantitative estimate of drug-likeness (QED) is 0.799. The molecule has 0 spiro atoms. The predicted molar refractivity (Wildman–Crippen MR) is 88.4 cm³/mol. The first-order valence-corrected chi connectivity index (χ1v) is 8.30. The molecule has 6 heteroatoms. The Hall–Kier alpha value is -2.08. The first-order chi connectivity index (χ1) is 11.1. The lowest BCUT2D eigenvalue weighted by atomic mass is 9.93. The lowest BCUT2D eigenvalue weighted by molar-refractivity contribution is -0.117. The zero-order valence-electron chi connectivity index (χ0n) is 13.1. The summed E-state index contributed by atoms with van der Waals surface area (Å²) in [6.07, 6.45) is 4.44. The molecule has 1 aliphatic carbocycles. The number of urea groups is 1. The molecule has 1 heterocycles. The molecule has 3 amide bonds. The maximum Gasteiger partial charge on any atom is 0.319 e. The lowest BCUT2D eigenvalue weighted by Gasteiger charge is -2.28. The fourth-order valence-electron chi connectivity index (χ4n) is 3.32. The van der Waals surface area contributed by atoms with Gasteiger partial charge in [0.15, 0.2) is 0 Å². The molecule has 0 unspecified atom stereocenters. The average Bonchev–Trinajstić information content (AvgIpc) is 2.96. The molecule has 1 saturated heterocycles. The molecule has 0 bridgehead atoms. The number of rotatable bonds is 3. The molecule has 0 aromatic heterocycles. The molecule has 23 heavy (non-hydrogen) atoms. The van der Waals surface area contributed by atoms with Crippen molar-refractivity contribution in [3.05, 3.63) is 24.3 Å². The van der Waals surface area contributed by atoms with Crippen LogP contribution in [0.2, 0.25) is 0 Å². The van der Waals surface area contributed by atoms with Crippen molar-refractivity contribution >= 4 is 23.3 Å². The van der Waals surface area contributed by atoms with Crippen LogP contribution in [0.5, 0.6) is 0 Å². The highest BCUT2D eigenvalue weighted by molar-refractivity contribution is 6.01. The number of nitrogens with one attached hydrogen (secondary N) is 2. The maximum absolute atomic E-state index is 12.2. The number of aliphatic hydroxyl groups is 1. The van der Waals surface area contributed by atoms with Gasteiger partial charge in [-0.25, -0.2) is 4.79 Å². The van der Waals surface area contributed by atoms with E-state index < -0.39 is 6.10 Å². The number of carbonyl (C=O) groups is 2. The Morgan fingerprint density at radius 2 is 1.96 bits per heavy atom. The highest BCUT2D eigenvalue weighted by atomic mass is 16.3. The van der Waals surface area contributed by atoms with Crippen molar-refractivity contribution in [2.75, 3.05) is 16.8 Å². The second-order valence-corrected chi connectivity index (χ2v) is 6.22. The molecular weight excluding hydrogens is 294 g/mol. The van der Waals surface area contributed by atoms with E-state index in [4.69, 9.17) is 0 Å². The van der Waals surface area contributed by atoms with Gasteiger partial charge in [-0.1, -0.05) is 25.0 Å². The summed E-state index contributed by atoms with van der Waals surface area (Å²) in [5.74, 6) is 0.0855. The van der Waals surface area contributed by atoms with Gasteiger partial charge in [0, 0.05) is 13.0 Å². The number of anilines is 2. The van der Waals surface area contributed by atoms with Gasteiger partial charge >= 0.3 is 6.03 Å². The minimum absolute atomic E-state index is 0.0855. The summed E-state index contributed by atoms with van der Waals surface area (Å²) in [7, 11) is 0. The number of aliphatic hydroxyl groups excluding tert-OH is 1. The summed E-state index contributed by atoms with van der Waals surface area (Å²) in [5, 5.41) is 15.6. The molecule has 2 atom stereocenters. The minimum Gasteiger partial charge on any atom is -0.391 e. The van der Waals surface area contributed by atoms with Crippen molar-refractivity contribution in [1.82, 2.24) is 5.32 Å². The van der Waals surface area contributed by atoms with E-state index in [-0.39, 0.29) is 18.0 Å². The van der Waals surface area contributed by atoms with Crippen LogP contribution >= 0.6 is 0 Å². The maximum atomic E-state index is 12.2. The molecule has 1 aliphatic heterocycles. The summed E-state index contributed by atoms with van der Waals surface area (Å²) in [6, 6.07) is 6.77. The van der Waals surface area contributed by atoms with Gasteiger partial charge in [0.05, 0.1) is 23.5 Å². The van der Waals surface area contributed by atoms with Crippen molar-refractivity contribution in [2.24, 2.45) is 0 Å². The Morgan fingerprint density at radius 3 is 2.70 bits per heavy atom. The Bertz CT molecular complexity index is 590. The highest BCUT2D eigenvalue weighted by Crippen LogP contribution is 2.29. The van der Waals surface area contributed by atoms with E-state index >= 15 is 0 Å². The summed E-state index contributed by atoms with van der Waals surface area (Å²) >= 11 is 0. The number of benzene rings is 1. The van der Waals surface area contributed by atoms with E-state index in [0.29, 0.717) is 18.7 Å². The highest BCUT2D eigenvalue weighted by Gasteiger charge is 2.26. The number of hydrogen-bond donors (Lipinski definition) is 3. The largest absolute Gasteiger partial charge is 0.391 e. The summed E-state index contributed by atoms with van der Waals surface area (Å²) < 4.78 is 0. The summed E-state index contributed by atoms with van der Waals surface area (Å²) in [4.78, 5) is 25.9. The van der Waals surface area contributed by atoms with E-state index in [1.54, 1.807) is 11.0 Å². The third-order valence-corrected chi connectivity index (χ3v) is 4.56. The second kappa shape index (κ2) is 7.00. The lowest BCUT2D eigenvalue weighted by Crippen LogP contribution is -2.46. The molecule has 1 aromatic carbocycles. The minimum atomic E-state index is -0.482. The molecule has 1 aromatic rings. The van der Waals surface area contributed by atoms with Crippen LogP contribution in [-0.2, 0) is 4.79 Å². The average molecular weight is 317 g/mol. The van der Waals surface area contributed by atoms with Crippen molar-refractivity contribution < 1.29 is 14.7 Å². The Balaban J connectivity index is 1.67. The van der Waals surface area contributed by atoms with Gasteiger partial charge in [-0.3, -0.25) is 4.79 Å². The standard InChI is InChI=1S/C17H23N3O3/c21-15-9-4-2-7-13(15)19-17(23)18-12-6-1-3-8-14(12)20-11-5-10-16(20)22/h1,3,6,8,13,15,21H,2,4-5,7,9-11H2,(H2,18,19,23)/t13-,15-/m1/s1. The third kappa shape index (κ3) is 3.64. The van der Waals surface area contributed by atoms with E-state index in [1.807, 2.05) is 18.2 Å². The zero-order valence-corrected chi connectivity index (χ0v) is 13.1. The van der Waals surface area contributed by atoms with Gasteiger partial charge in [-0.05, 0) is 31.4 Å². The topological polar surface area (TPSA) is 81.7 Å². The van der Waals surface area contributed by atoms with Gasteiger partial charge < -0.3 is 20.6 Å². The molecule has 1 saturated carbocycles. The molecule has 0 radical (unpaired) electrons. The molecule has 124 valence electrons. The third-order valence-electron chi connectivity index (χ3n) is 4.56. The SMILES string of the molecule is O=C(Nc1ccccc1N1CCCC1=O)N[C@@H]1CCCC[C@H]1O. The molecule has 3 rings (SSSR count). The fraction of sp³-hybridized carbons (Fsp3) is 0.529. The van der Waals surface area contributed by atoms with Crippen LogP contribution in [0.15, 0.2) is 24.3 Å². The van der Waals surface area contributed by atoms with Crippen LogP contribution in [0.1, 0.15) is 38.5 Å². The Labute approximate surface area is 135 Å². The van der Waals surface area contributed by atoms with E-state index in [1.165, 1.54) is 0 Å². The van der Waals surface area contributed by atoms with Crippen molar-refractivity contribution in [1.29, 1.82) is 0 Å². The van der Waals surface area contributed by atoms with Crippen LogP contribution in [0.3, 0.4) is 0 Å². The number of para-hydroxylation sites is 2. The van der Waals surface area contributed by atoms with Gasteiger partial charge in [0.2, 0.25) is 5.91 Å². The second-order valence-electron chi connectivity index (χ2n) is 6.22. The molecule has 6 nitrogen and oxygen atoms in total. The molecule has 3 N–H and O–H groups in total. The smallest absolute Gasteiger partial charge is 0.319 e. The van der Waals surface area contributed by atoms with E-state index in [0.717, 1.165) is 37.8 Å². The number of carbonyl (C=O) groups excluding carboxylic acids is 2. The Morgan fingerprint density at radius 1 is 1.17 bits per heavy atom. The summed E-state index contributed by atoms with van der Waals surface area (Å²) in [5.41, 5.74) is 1.35. The van der Waals surface area contributed by atoms with Crippen LogP contribution in [-0.4, -0.2) is 35.7 Å². The normalized spacial score (nSPS) is 24.6. The van der Waals surface area contributed by atoms with Crippen LogP contribution < -0.4 is 15.5 Å². The van der Waals surface area contributed by atoms with Crippen LogP contribution in [0, 0.1) is 0 Å². The Kier molecular flexibility index (Phi) is 4.81. The van der Waals surface area contributed by atoms with Crippen LogP contribution in [0.25, 0.3) is 0 Å². The van der Waals surface area contributed by atoms with Crippen LogP contribution in [0.4, 0.5) is 16.2 Å². The first kappa shape index (κ1) is 15.8. The van der Waals surface area contributed by atoms with Crippen molar-refractivity contribution in [2.45, 2.75) is 50.7 Å². The predicted octanol–water partition coefficient (Wildman–Crippen LogP) is 2.24. The van der Waals surface area contributed by atoms with Gasteiger partial charge in [0.1, 0.15) is 0 Å². The van der Waals surface area contributed by atoms with E-state index in [9.17, 15) is 14.7 Å². The number of nitrogens with zero attached hydrogens (tertiary/aromatic N) is 1. The van der Waals surface area contributed by atoms with Crippen molar-refractivity contribution in [3.63, 3.8) is 0 Å². The summed E-state index contributed by atoms with van der Waals surface area (Å²) in [6.45, 7) is 0.681. The van der Waals surface area contributed by atoms with Crippen molar-refractivity contribution in [3.8, 4) is 0 Å². The van der Waals surface area contributed by atoms with Gasteiger partial charge in [0.25, 0.3) is 0 Å². The van der Waals surface area contributed by atoms with Gasteiger partial charge in [-0.15, -0.1) is 0 Å². The zero-order chi connectivity index (χ0) is 16.2. The number of hydrogen-bond acceptors (Lipinski definition) is 3. The van der Waals surface area contributed by atoms with E-state index in [2.05, 4.69) is 10.6 Å². The van der Waals surface area contributed by atoms with Gasteiger partial charge in [-0.2, -0.15) is 0 Å². The first-order valence-electron chi connectivity index (χ1n) is 8.30. The number of amides is 3. The molecule has 2 fully saturated rings. The fourth-order valence-corrected chi connectivity index (χ4v) is 3.32. The monoisotopic (exact) mass is 317 g/mol.